The maximum atomic E-state index is 13.4. The summed E-state index contributed by atoms with van der Waals surface area (Å²) < 4.78 is 41.9. The molecule has 0 bridgehead atoms. The molecule has 1 aromatic carbocycles. The molecule has 35 heavy (non-hydrogen) atoms. The zero-order chi connectivity index (χ0) is 25.4. The summed E-state index contributed by atoms with van der Waals surface area (Å²) in [5.41, 5.74) is -0.977. The molecule has 0 radical (unpaired) electrons. The number of carbonyl (C=O) groups excluding carboxylic acids is 2. The van der Waals surface area contributed by atoms with Crippen LogP contribution in [-0.2, 0) is 17.5 Å². The van der Waals surface area contributed by atoms with Crippen molar-refractivity contribution >= 4 is 17.5 Å². The number of hydrogen-bond donors (Lipinski definition) is 1. The monoisotopic (exact) mass is 488 g/mol. The second kappa shape index (κ2) is 9.24. The van der Waals surface area contributed by atoms with Gasteiger partial charge in [0.2, 0.25) is 5.91 Å². The third-order valence-electron chi connectivity index (χ3n) is 7.29. The standard InChI is InChI=1S/C24H27F3N6O2/c1-3-33-20(6-9-30-33)22(35)32-14-19(21(34)29-2)23(15-32)7-10-31(11-8-23)17-5-4-16(13-28)18(12-17)24(25,26)27/h4-6,9,12,19H,3,7-8,10-11,14-15H2,1-2H3,(H,29,34). The molecule has 0 saturated carbocycles. The van der Waals surface area contributed by atoms with Gasteiger partial charge in [-0.3, -0.25) is 14.3 Å². The van der Waals surface area contributed by atoms with Gasteiger partial charge >= 0.3 is 6.18 Å². The molecule has 1 spiro atoms. The lowest BCUT2D eigenvalue weighted by Crippen LogP contribution is -2.48. The minimum absolute atomic E-state index is 0.143. The number of benzene rings is 1. The Bertz CT molecular complexity index is 1160. The number of hydrogen-bond acceptors (Lipinski definition) is 5. The highest BCUT2D eigenvalue weighted by molar-refractivity contribution is 5.93. The Morgan fingerprint density at radius 1 is 1.26 bits per heavy atom. The number of rotatable bonds is 4. The topological polar surface area (TPSA) is 94.3 Å². The van der Waals surface area contributed by atoms with Crippen molar-refractivity contribution in [1.29, 1.82) is 5.26 Å². The van der Waals surface area contributed by atoms with Gasteiger partial charge in [0, 0.05) is 57.1 Å². The third kappa shape index (κ3) is 4.45. The summed E-state index contributed by atoms with van der Waals surface area (Å²) in [6, 6.07) is 7.01. The molecule has 4 rings (SSSR count). The van der Waals surface area contributed by atoms with Crippen LogP contribution in [0.2, 0.25) is 0 Å². The van der Waals surface area contributed by atoms with Crippen molar-refractivity contribution in [2.45, 2.75) is 32.5 Å². The molecule has 3 heterocycles. The van der Waals surface area contributed by atoms with E-state index in [0.717, 1.165) is 6.07 Å². The molecule has 8 nitrogen and oxygen atoms in total. The first-order chi connectivity index (χ1) is 16.6. The van der Waals surface area contributed by atoms with Gasteiger partial charge in [0.25, 0.3) is 5.91 Å². The molecule has 2 aliphatic rings. The predicted octanol–water partition coefficient (Wildman–Crippen LogP) is 2.90. The number of nitrogens with one attached hydrogen (secondary N) is 1. The smallest absolute Gasteiger partial charge is 0.371 e. The second-order valence-corrected chi connectivity index (χ2v) is 9.07. The fourth-order valence-corrected chi connectivity index (χ4v) is 5.36. The van der Waals surface area contributed by atoms with Gasteiger partial charge in [-0.1, -0.05) is 0 Å². The van der Waals surface area contributed by atoms with Crippen LogP contribution in [0, 0.1) is 22.7 Å². The van der Waals surface area contributed by atoms with Gasteiger partial charge in [-0.15, -0.1) is 0 Å². The summed E-state index contributed by atoms with van der Waals surface area (Å²) >= 11 is 0. The number of likely N-dealkylation sites (tertiary alicyclic amines) is 1. The molecule has 2 fully saturated rings. The Morgan fingerprint density at radius 3 is 2.57 bits per heavy atom. The summed E-state index contributed by atoms with van der Waals surface area (Å²) in [6.45, 7) is 3.99. The normalized spacial score (nSPS) is 19.6. The van der Waals surface area contributed by atoms with Gasteiger partial charge in [-0.05, 0) is 44.0 Å². The molecule has 186 valence electrons. The summed E-state index contributed by atoms with van der Waals surface area (Å²) in [5.74, 6) is -0.738. The van der Waals surface area contributed by atoms with Crippen LogP contribution in [0.25, 0.3) is 0 Å². The summed E-state index contributed by atoms with van der Waals surface area (Å²) in [5, 5.41) is 15.9. The number of nitriles is 1. The Labute approximate surface area is 201 Å². The average molecular weight is 489 g/mol. The Morgan fingerprint density at radius 2 is 1.97 bits per heavy atom. The maximum Gasteiger partial charge on any atom is 0.417 e. The molecule has 1 N–H and O–H groups in total. The van der Waals surface area contributed by atoms with Crippen LogP contribution in [0.5, 0.6) is 0 Å². The minimum Gasteiger partial charge on any atom is -0.371 e. The van der Waals surface area contributed by atoms with E-state index >= 15 is 0 Å². The first-order valence-electron chi connectivity index (χ1n) is 11.5. The first-order valence-corrected chi connectivity index (χ1v) is 11.5. The highest BCUT2D eigenvalue weighted by Crippen LogP contribution is 2.46. The first kappa shape index (κ1) is 24.6. The van der Waals surface area contributed by atoms with Crippen molar-refractivity contribution in [2.24, 2.45) is 11.3 Å². The van der Waals surface area contributed by atoms with E-state index in [2.05, 4.69) is 10.4 Å². The van der Waals surface area contributed by atoms with Gasteiger partial charge in [-0.2, -0.15) is 23.5 Å². The van der Waals surface area contributed by atoms with Crippen LogP contribution in [-0.4, -0.2) is 59.7 Å². The van der Waals surface area contributed by atoms with Crippen LogP contribution in [0.1, 0.15) is 41.4 Å². The zero-order valence-electron chi connectivity index (χ0n) is 19.6. The zero-order valence-corrected chi connectivity index (χ0v) is 19.6. The molecule has 2 aromatic rings. The van der Waals surface area contributed by atoms with E-state index in [4.69, 9.17) is 5.26 Å². The number of carbonyl (C=O) groups is 2. The molecule has 0 aliphatic carbocycles. The summed E-state index contributed by atoms with van der Waals surface area (Å²) in [6.07, 6.45) is -1.96. The van der Waals surface area contributed by atoms with Gasteiger partial charge in [-0.25, -0.2) is 0 Å². The van der Waals surface area contributed by atoms with E-state index < -0.39 is 28.6 Å². The predicted molar refractivity (Wildman–Crippen MR) is 121 cm³/mol. The fourth-order valence-electron chi connectivity index (χ4n) is 5.36. The van der Waals surface area contributed by atoms with Crippen LogP contribution in [0.4, 0.5) is 18.9 Å². The Hall–Kier alpha value is -3.55. The van der Waals surface area contributed by atoms with Gasteiger partial charge in [0.1, 0.15) is 5.69 Å². The number of amides is 2. The number of piperidine rings is 1. The molecule has 1 unspecified atom stereocenters. The molecule has 2 aliphatic heterocycles. The maximum absolute atomic E-state index is 13.4. The van der Waals surface area contributed by atoms with Crippen molar-refractivity contribution < 1.29 is 22.8 Å². The highest BCUT2D eigenvalue weighted by Gasteiger charge is 2.52. The largest absolute Gasteiger partial charge is 0.417 e. The van der Waals surface area contributed by atoms with Gasteiger partial charge < -0.3 is 15.1 Å². The van der Waals surface area contributed by atoms with E-state index in [1.165, 1.54) is 12.1 Å². The summed E-state index contributed by atoms with van der Waals surface area (Å²) in [4.78, 5) is 29.6. The Kier molecular flexibility index (Phi) is 6.49. The number of halogens is 3. The van der Waals surface area contributed by atoms with Crippen molar-refractivity contribution in [3.8, 4) is 6.07 Å². The quantitative estimate of drug-likeness (QED) is 0.714. The molecule has 11 heteroatoms. The molecule has 1 aromatic heterocycles. The fraction of sp³-hybridized carbons (Fsp3) is 0.500. The van der Waals surface area contributed by atoms with Crippen LogP contribution < -0.4 is 10.2 Å². The lowest BCUT2D eigenvalue weighted by molar-refractivity contribution is -0.137. The molecule has 2 saturated heterocycles. The second-order valence-electron chi connectivity index (χ2n) is 9.07. The number of aryl methyl sites for hydroxylation is 1. The van der Waals surface area contributed by atoms with E-state index in [-0.39, 0.29) is 18.4 Å². The SMILES string of the molecule is CCn1nccc1C(=O)N1CC(C(=O)NC)C2(CCN(c3ccc(C#N)c(C(F)(F)F)c3)CC2)C1. The van der Waals surface area contributed by atoms with E-state index in [1.54, 1.807) is 35.0 Å². The number of nitrogens with zero attached hydrogens (tertiary/aromatic N) is 5. The van der Waals surface area contributed by atoms with E-state index in [9.17, 15) is 22.8 Å². The molecular formula is C24H27F3N6O2. The average Bonchev–Trinajstić information content (AvgIpc) is 3.48. The molecule has 1 atom stereocenters. The Balaban J connectivity index is 1.56. The highest BCUT2D eigenvalue weighted by atomic mass is 19.4. The minimum atomic E-state index is -4.63. The van der Waals surface area contributed by atoms with Crippen molar-refractivity contribution in [2.75, 3.05) is 38.1 Å². The van der Waals surface area contributed by atoms with Crippen LogP contribution in [0.15, 0.2) is 30.5 Å². The van der Waals surface area contributed by atoms with Gasteiger partial charge in [0.15, 0.2) is 0 Å². The van der Waals surface area contributed by atoms with Gasteiger partial charge in [0.05, 0.1) is 23.1 Å². The number of anilines is 1. The van der Waals surface area contributed by atoms with Crippen LogP contribution in [0.3, 0.4) is 0 Å². The van der Waals surface area contributed by atoms with Crippen molar-refractivity contribution in [3.05, 3.63) is 47.3 Å². The lowest BCUT2D eigenvalue weighted by atomic mass is 9.70. The van der Waals surface area contributed by atoms with E-state index in [1.807, 2.05) is 11.8 Å². The number of aromatic nitrogens is 2. The molecule has 2 amide bonds. The summed E-state index contributed by atoms with van der Waals surface area (Å²) in [7, 11) is 1.57. The van der Waals surface area contributed by atoms with Crippen molar-refractivity contribution in [1.82, 2.24) is 20.0 Å². The molecular weight excluding hydrogens is 461 g/mol. The van der Waals surface area contributed by atoms with Crippen molar-refractivity contribution in [3.63, 3.8) is 0 Å². The lowest BCUT2D eigenvalue weighted by Gasteiger charge is -2.43. The van der Waals surface area contributed by atoms with E-state index in [0.29, 0.717) is 50.4 Å². The third-order valence-corrected chi connectivity index (χ3v) is 7.29. The van der Waals surface area contributed by atoms with Crippen LogP contribution >= 0.6 is 0 Å². The number of alkyl halides is 3.